The lowest BCUT2D eigenvalue weighted by Crippen LogP contribution is -2.12. The van der Waals surface area contributed by atoms with Crippen molar-refractivity contribution in [1.82, 2.24) is 0 Å². The van der Waals surface area contributed by atoms with Crippen LogP contribution >= 0.6 is 0 Å². The minimum Gasteiger partial charge on any atom is -0.508 e. The molecule has 0 radical (unpaired) electrons. The van der Waals surface area contributed by atoms with E-state index in [0.717, 1.165) is 44.2 Å². The molecule has 2 N–H and O–H groups in total. The summed E-state index contributed by atoms with van der Waals surface area (Å²) in [6.45, 7) is 0. The van der Waals surface area contributed by atoms with Gasteiger partial charge in [0.05, 0.1) is 0 Å². The van der Waals surface area contributed by atoms with Gasteiger partial charge in [-0.15, -0.1) is 0 Å². The first-order chi connectivity index (χ1) is 16.7. The topological polar surface area (TPSA) is 49.7 Å². The van der Waals surface area contributed by atoms with Crippen LogP contribution in [0.2, 0.25) is 0 Å². The maximum absolute atomic E-state index is 10.0. The molecule has 0 amide bonds. The van der Waals surface area contributed by atoms with Gasteiger partial charge < -0.3 is 14.9 Å². The molecule has 6 aromatic carbocycles. The fourth-order valence-electron chi connectivity index (χ4n) is 5.31. The molecule has 0 aromatic heterocycles. The number of aromatic hydroxyl groups is 2. The van der Waals surface area contributed by atoms with E-state index in [1.807, 2.05) is 12.1 Å². The minimum atomic E-state index is -0.0141. The number of hydrogen-bond donors (Lipinski definition) is 2. The lowest BCUT2D eigenvalue weighted by atomic mass is 9.80. The Morgan fingerprint density at radius 3 is 1.68 bits per heavy atom. The maximum Gasteiger partial charge on any atom is 0.139 e. The SMILES string of the molecule is Oc1ccc2c3c(ccc2c1)C(c1ccc2ccccc2c1)c1ccc2cc(O)ccc2c1O3. The molecule has 0 fully saturated rings. The molecule has 3 nitrogen and oxygen atoms in total. The van der Waals surface area contributed by atoms with Gasteiger partial charge in [-0.3, -0.25) is 0 Å². The second-order valence-electron chi connectivity index (χ2n) is 8.92. The van der Waals surface area contributed by atoms with E-state index in [4.69, 9.17) is 4.74 Å². The predicted octanol–water partition coefficient (Wildman–Crippen LogP) is 7.84. The summed E-state index contributed by atoms with van der Waals surface area (Å²) in [7, 11) is 0. The Labute approximate surface area is 196 Å². The molecule has 0 unspecified atom stereocenters. The predicted molar refractivity (Wildman–Crippen MR) is 136 cm³/mol. The number of phenolic OH excluding ortho intramolecular Hbond substituents is 2. The van der Waals surface area contributed by atoms with Gasteiger partial charge in [0.1, 0.15) is 23.0 Å². The van der Waals surface area contributed by atoms with E-state index in [1.165, 1.54) is 16.3 Å². The Hall–Kier alpha value is -4.50. The Morgan fingerprint density at radius 1 is 0.500 bits per heavy atom. The summed E-state index contributed by atoms with van der Waals surface area (Å²) >= 11 is 0. The van der Waals surface area contributed by atoms with Crippen LogP contribution in [0, 0.1) is 0 Å². The van der Waals surface area contributed by atoms with E-state index in [0.29, 0.717) is 0 Å². The zero-order chi connectivity index (χ0) is 22.8. The van der Waals surface area contributed by atoms with Crippen LogP contribution in [-0.4, -0.2) is 10.2 Å². The molecule has 1 heterocycles. The molecule has 1 aliphatic rings. The van der Waals surface area contributed by atoms with Crippen molar-refractivity contribution in [2.24, 2.45) is 0 Å². The molecule has 3 heteroatoms. The van der Waals surface area contributed by atoms with Gasteiger partial charge in [0.25, 0.3) is 0 Å². The van der Waals surface area contributed by atoms with Gasteiger partial charge >= 0.3 is 0 Å². The highest BCUT2D eigenvalue weighted by molar-refractivity contribution is 5.96. The lowest BCUT2D eigenvalue weighted by molar-refractivity contribution is 0.463. The highest BCUT2D eigenvalue weighted by Crippen LogP contribution is 2.52. The van der Waals surface area contributed by atoms with E-state index >= 15 is 0 Å². The van der Waals surface area contributed by atoms with Crippen molar-refractivity contribution in [3.63, 3.8) is 0 Å². The Bertz CT molecular complexity index is 1680. The Morgan fingerprint density at radius 2 is 1.06 bits per heavy atom. The van der Waals surface area contributed by atoms with Gasteiger partial charge in [-0.25, -0.2) is 0 Å². The van der Waals surface area contributed by atoms with Crippen molar-refractivity contribution in [1.29, 1.82) is 0 Å². The molecular formula is C31H20O3. The smallest absolute Gasteiger partial charge is 0.139 e. The maximum atomic E-state index is 10.0. The van der Waals surface area contributed by atoms with E-state index < -0.39 is 0 Å². The summed E-state index contributed by atoms with van der Waals surface area (Å²) < 4.78 is 6.66. The number of hydrogen-bond acceptors (Lipinski definition) is 3. The Balaban J connectivity index is 1.56. The molecule has 0 aliphatic carbocycles. The van der Waals surface area contributed by atoms with Crippen molar-refractivity contribution in [2.45, 2.75) is 5.92 Å². The average molecular weight is 440 g/mol. The molecule has 0 saturated carbocycles. The van der Waals surface area contributed by atoms with E-state index in [2.05, 4.69) is 66.7 Å². The lowest BCUT2D eigenvalue weighted by Gasteiger charge is -2.31. The van der Waals surface area contributed by atoms with E-state index in [1.54, 1.807) is 24.3 Å². The summed E-state index contributed by atoms with van der Waals surface area (Å²) in [6, 6.07) is 34.1. The van der Waals surface area contributed by atoms with Gasteiger partial charge in [-0.05, 0) is 63.5 Å². The molecule has 0 atom stereocenters. The van der Waals surface area contributed by atoms with Crippen LogP contribution in [0.4, 0.5) is 0 Å². The van der Waals surface area contributed by atoms with Gasteiger partial charge in [0.15, 0.2) is 0 Å². The van der Waals surface area contributed by atoms with Crippen molar-refractivity contribution >= 4 is 32.3 Å². The minimum absolute atomic E-state index is 0.0141. The van der Waals surface area contributed by atoms with Gasteiger partial charge in [-0.1, -0.05) is 66.7 Å². The van der Waals surface area contributed by atoms with Gasteiger partial charge in [0, 0.05) is 27.8 Å². The standard InChI is InChI=1S/C31H20O3/c32-23-9-13-25-20(16-23)7-11-27-29(22-6-5-18-3-1-2-4-19(18)15-22)28-12-8-21-17-24(33)10-14-26(21)31(28)34-30(25)27/h1-17,29,32-33H. The van der Waals surface area contributed by atoms with Crippen LogP contribution in [-0.2, 0) is 0 Å². The highest BCUT2D eigenvalue weighted by Gasteiger charge is 2.31. The molecule has 0 spiro atoms. The summed E-state index contributed by atoms with van der Waals surface area (Å²) in [6.07, 6.45) is 0. The largest absolute Gasteiger partial charge is 0.508 e. The molecule has 0 bridgehead atoms. The molecule has 0 saturated heterocycles. The first-order valence-electron chi connectivity index (χ1n) is 11.3. The van der Waals surface area contributed by atoms with Crippen LogP contribution in [0.3, 0.4) is 0 Å². The number of ether oxygens (including phenoxy) is 1. The number of benzene rings is 6. The number of fused-ring (bicyclic) bond motifs is 7. The zero-order valence-electron chi connectivity index (χ0n) is 18.2. The van der Waals surface area contributed by atoms with Crippen molar-refractivity contribution in [3.8, 4) is 23.0 Å². The third-order valence-electron chi connectivity index (χ3n) is 6.90. The van der Waals surface area contributed by atoms with Crippen LogP contribution in [0.15, 0.2) is 103 Å². The van der Waals surface area contributed by atoms with Crippen LogP contribution in [0.1, 0.15) is 22.6 Å². The van der Waals surface area contributed by atoms with Crippen LogP contribution in [0.5, 0.6) is 23.0 Å². The molecule has 1 aliphatic heterocycles. The summed E-state index contributed by atoms with van der Waals surface area (Å²) in [5.74, 6) is 2.07. The molecule has 162 valence electrons. The Kier molecular flexibility index (Phi) is 3.91. The normalized spacial score (nSPS) is 13.1. The second-order valence-corrected chi connectivity index (χ2v) is 8.92. The number of rotatable bonds is 1. The highest BCUT2D eigenvalue weighted by atomic mass is 16.5. The van der Waals surface area contributed by atoms with E-state index in [-0.39, 0.29) is 17.4 Å². The van der Waals surface area contributed by atoms with Crippen LogP contribution in [0.25, 0.3) is 32.3 Å². The van der Waals surface area contributed by atoms with Crippen molar-refractivity contribution < 1.29 is 14.9 Å². The fourth-order valence-corrected chi connectivity index (χ4v) is 5.31. The first-order valence-corrected chi connectivity index (χ1v) is 11.3. The average Bonchev–Trinajstić information content (AvgIpc) is 2.86. The molecule has 7 rings (SSSR count). The zero-order valence-corrected chi connectivity index (χ0v) is 18.2. The van der Waals surface area contributed by atoms with Gasteiger partial charge in [0.2, 0.25) is 0 Å². The van der Waals surface area contributed by atoms with Crippen molar-refractivity contribution in [2.75, 3.05) is 0 Å². The third-order valence-corrected chi connectivity index (χ3v) is 6.90. The first kappa shape index (κ1) is 19.0. The van der Waals surface area contributed by atoms with Crippen LogP contribution < -0.4 is 4.74 Å². The number of phenols is 2. The molecular weight excluding hydrogens is 420 g/mol. The summed E-state index contributed by atoms with van der Waals surface area (Å²) in [5.41, 5.74) is 3.39. The fraction of sp³-hybridized carbons (Fsp3) is 0.0323. The summed E-state index contributed by atoms with van der Waals surface area (Å²) in [4.78, 5) is 0. The van der Waals surface area contributed by atoms with E-state index in [9.17, 15) is 10.2 Å². The van der Waals surface area contributed by atoms with Crippen molar-refractivity contribution in [3.05, 3.63) is 120 Å². The monoisotopic (exact) mass is 440 g/mol. The quantitative estimate of drug-likeness (QED) is 0.273. The molecule has 6 aromatic rings. The van der Waals surface area contributed by atoms with Gasteiger partial charge in [-0.2, -0.15) is 0 Å². The second kappa shape index (κ2) is 7.00. The summed E-state index contributed by atoms with van der Waals surface area (Å²) in [5, 5.41) is 26.2. The molecule has 34 heavy (non-hydrogen) atoms. The third kappa shape index (κ3) is 2.77.